The molecular formula is C22H28FN5O4S. The number of carbonyl (C=O) groups is 3. The van der Waals surface area contributed by atoms with E-state index in [1.165, 1.54) is 36.3 Å². The van der Waals surface area contributed by atoms with E-state index in [1.807, 2.05) is 0 Å². The van der Waals surface area contributed by atoms with Crippen molar-refractivity contribution in [1.29, 1.82) is 0 Å². The van der Waals surface area contributed by atoms with Gasteiger partial charge in [0.1, 0.15) is 16.7 Å². The van der Waals surface area contributed by atoms with Gasteiger partial charge >= 0.3 is 0 Å². The van der Waals surface area contributed by atoms with E-state index in [1.54, 1.807) is 0 Å². The Hall–Kier alpha value is -3.05. The Kier molecular flexibility index (Phi) is 8.34. The summed E-state index contributed by atoms with van der Waals surface area (Å²) in [6.45, 7) is 0.195. The molecule has 1 fully saturated rings. The monoisotopic (exact) mass is 477 g/mol. The van der Waals surface area contributed by atoms with Gasteiger partial charge in [0, 0.05) is 19.7 Å². The van der Waals surface area contributed by atoms with Gasteiger partial charge in [0.05, 0.1) is 12.3 Å². The molecule has 1 aliphatic rings. The third-order valence-corrected chi connectivity index (χ3v) is 6.50. The normalized spacial score (nSPS) is 15.1. The molecule has 0 unspecified atom stereocenters. The van der Waals surface area contributed by atoms with Crippen LogP contribution >= 0.6 is 11.5 Å². The maximum absolute atomic E-state index is 13.6. The highest BCUT2D eigenvalue weighted by Gasteiger charge is 2.35. The number of nitrogens with one attached hydrogen (secondary N) is 1. The van der Waals surface area contributed by atoms with E-state index in [0.717, 1.165) is 43.6 Å². The second kappa shape index (κ2) is 11.2. The molecule has 1 aliphatic carbocycles. The first-order valence-corrected chi connectivity index (χ1v) is 11.5. The Bertz CT molecular complexity index is 991. The molecule has 0 aliphatic heterocycles. The SMILES string of the molecule is COCCN(C(=O)c1snc(C(N)=O)c1N)[C@@H](C(=O)NC1CCCCC1)c1ccc(F)cc1. The summed E-state index contributed by atoms with van der Waals surface area (Å²) < 4.78 is 22.7. The van der Waals surface area contributed by atoms with Crippen LogP contribution in [0.2, 0.25) is 0 Å². The number of hydrogen-bond acceptors (Lipinski definition) is 7. The Morgan fingerprint density at radius 1 is 1.24 bits per heavy atom. The van der Waals surface area contributed by atoms with E-state index in [4.69, 9.17) is 16.2 Å². The van der Waals surface area contributed by atoms with E-state index in [2.05, 4.69) is 9.69 Å². The lowest BCUT2D eigenvalue weighted by Gasteiger charge is -2.33. The van der Waals surface area contributed by atoms with Crippen molar-refractivity contribution in [1.82, 2.24) is 14.6 Å². The van der Waals surface area contributed by atoms with Crippen molar-refractivity contribution >= 4 is 34.9 Å². The van der Waals surface area contributed by atoms with Crippen LogP contribution < -0.4 is 16.8 Å². The summed E-state index contributed by atoms with van der Waals surface area (Å²) in [5.41, 5.74) is 11.4. The molecular weight excluding hydrogens is 449 g/mol. The Morgan fingerprint density at radius 3 is 2.48 bits per heavy atom. The first-order valence-electron chi connectivity index (χ1n) is 10.7. The van der Waals surface area contributed by atoms with Gasteiger partial charge in [-0.05, 0) is 42.1 Å². The van der Waals surface area contributed by atoms with E-state index >= 15 is 0 Å². The van der Waals surface area contributed by atoms with Gasteiger partial charge in [-0.1, -0.05) is 31.4 Å². The number of methoxy groups -OCH3 is 1. The molecule has 1 aromatic heterocycles. The highest BCUT2D eigenvalue weighted by molar-refractivity contribution is 7.09. The molecule has 2 aromatic rings. The van der Waals surface area contributed by atoms with Crippen LogP contribution in [0.5, 0.6) is 0 Å². The highest BCUT2D eigenvalue weighted by Crippen LogP contribution is 2.29. The number of primary amides is 1. The molecule has 33 heavy (non-hydrogen) atoms. The molecule has 1 aromatic carbocycles. The predicted octanol–water partition coefficient (Wildman–Crippen LogP) is 2.24. The summed E-state index contributed by atoms with van der Waals surface area (Å²) in [4.78, 5) is 39.9. The van der Waals surface area contributed by atoms with Crippen LogP contribution in [0.3, 0.4) is 0 Å². The minimum atomic E-state index is -1.06. The smallest absolute Gasteiger partial charge is 0.270 e. The van der Waals surface area contributed by atoms with Crippen LogP contribution in [0.1, 0.15) is 63.9 Å². The zero-order valence-corrected chi connectivity index (χ0v) is 19.2. The molecule has 9 nitrogen and oxygen atoms in total. The fraction of sp³-hybridized carbons (Fsp3) is 0.455. The summed E-state index contributed by atoms with van der Waals surface area (Å²) in [7, 11) is 1.48. The van der Waals surface area contributed by atoms with Gasteiger partial charge in [-0.25, -0.2) is 4.39 Å². The van der Waals surface area contributed by atoms with Gasteiger partial charge in [-0.3, -0.25) is 14.4 Å². The topological polar surface area (TPSA) is 141 Å². The van der Waals surface area contributed by atoms with Crippen LogP contribution in [0.15, 0.2) is 24.3 Å². The lowest BCUT2D eigenvalue weighted by Crippen LogP contribution is -2.48. The van der Waals surface area contributed by atoms with E-state index in [0.29, 0.717) is 5.56 Å². The first-order chi connectivity index (χ1) is 15.8. The molecule has 0 spiro atoms. The molecule has 3 amide bonds. The maximum atomic E-state index is 13.6. The molecule has 1 saturated carbocycles. The number of amides is 3. The average Bonchev–Trinajstić information content (AvgIpc) is 3.19. The van der Waals surface area contributed by atoms with Crippen molar-refractivity contribution in [3.05, 3.63) is 46.2 Å². The molecule has 1 atom stereocenters. The number of anilines is 1. The number of ether oxygens (including phenoxy) is 1. The molecule has 11 heteroatoms. The van der Waals surface area contributed by atoms with Gasteiger partial charge in [-0.2, -0.15) is 4.37 Å². The zero-order valence-electron chi connectivity index (χ0n) is 18.4. The molecule has 178 valence electrons. The fourth-order valence-corrected chi connectivity index (χ4v) is 4.70. The Balaban J connectivity index is 1.99. The van der Waals surface area contributed by atoms with Gasteiger partial charge in [0.15, 0.2) is 5.69 Å². The molecule has 0 saturated heterocycles. The number of hydrogen-bond donors (Lipinski definition) is 3. The summed E-state index contributed by atoms with van der Waals surface area (Å²) in [5.74, 6) is -2.28. The van der Waals surface area contributed by atoms with Gasteiger partial charge in [-0.15, -0.1) is 0 Å². The molecule has 1 heterocycles. The molecule has 3 rings (SSSR count). The lowest BCUT2D eigenvalue weighted by molar-refractivity contribution is -0.127. The van der Waals surface area contributed by atoms with E-state index < -0.39 is 23.7 Å². The number of halogens is 1. The third-order valence-electron chi connectivity index (χ3n) is 5.65. The average molecular weight is 478 g/mol. The van der Waals surface area contributed by atoms with Crippen LogP contribution in [0.4, 0.5) is 10.1 Å². The van der Waals surface area contributed by atoms with Crippen molar-refractivity contribution in [2.24, 2.45) is 5.73 Å². The number of carbonyl (C=O) groups excluding carboxylic acids is 3. The van der Waals surface area contributed by atoms with Crippen LogP contribution in [0.25, 0.3) is 0 Å². The quantitative estimate of drug-likeness (QED) is 0.506. The summed E-state index contributed by atoms with van der Waals surface area (Å²) in [6.07, 6.45) is 4.88. The second-order valence-corrected chi connectivity index (χ2v) is 8.70. The summed E-state index contributed by atoms with van der Waals surface area (Å²) in [5, 5.41) is 3.05. The van der Waals surface area contributed by atoms with Gasteiger partial charge in [0.2, 0.25) is 5.91 Å². The zero-order chi connectivity index (χ0) is 24.0. The van der Waals surface area contributed by atoms with E-state index in [-0.39, 0.29) is 41.4 Å². The Labute approximate surface area is 195 Å². The third kappa shape index (κ3) is 5.85. The summed E-state index contributed by atoms with van der Waals surface area (Å²) >= 11 is 0.737. The van der Waals surface area contributed by atoms with Crippen molar-refractivity contribution in [2.45, 2.75) is 44.2 Å². The van der Waals surface area contributed by atoms with Crippen molar-refractivity contribution in [2.75, 3.05) is 26.0 Å². The van der Waals surface area contributed by atoms with Crippen molar-refractivity contribution < 1.29 is 23.5 Å². The van der Waals surface area contributed by atoms with Gasteiger partial charge < -0.3 is 26.4 Å². The molecule has 0 bridgehead atoms. The maximum Gasteiger partial charge on any atom is 0.270 e. The van der Waals surface area contributed by atoms with Crippen LogP contribution in [-0.2, 0) is 9.53 Å². The Morgan fingerprint density at radius 2 is 1.91 bits per heavy atom. The number of nitrogens with zero attached hydrogens (tertiary/aromatic N) is 2. The van der Waals surface area contributed by atoms with Crippen LogP contribution in [0, 0.1) is 5.82 Å². The largest absolute Gasteiger partial charge is 0.395 e. The number of aromatic nitrogens is 1. The summed E-state index contributed by atoms with van der Waals surface area (Å²) in [6, 6.07) is 4.36. The second-order valence-electron chi connectivity index (χ2n) is 7.93. The number of benzene rings is 1. The minimum absolute atomic E-state index is 0.00233. The van der Waals surface area contributed by atoms with E-state index in [9.17, 15) is 18.8 Å². The van der Waals surface area contributed by atoms with Crippen LogP contribution in [-0.4, -0.2) is 53.3 Å². The first kappa shape index (κ1) is 24.6. The predicted molar refractivity (Wildman–Crippen MR) is 122 cm³/mol. The number of nitrogens with two attached hydrogens (primary N) is 2. The standard InChI is InChI=1S/C22H28FN5O4S/c1-32-12-11-28(22(31)19-16(24)17(20(25)29)27-33-19)18(13-7-9-14(23)10-8-13)21(30)26-15-5-3-2-4-6-15/h7-10,15,18H,2-6,11-12,24H2,1H3,(H2,25,29)(H,26,30)/t18-/m1/s1. The molecule has 5 N–H and O–H groups in total. The highest BCUT2D eigenvalue weighted by atomic mass is 32.1. The van der Waals surface area contributed by atoms with Crippen molar-refractivity contribution in [3.8, 4) is 0 Å². The molecule has 0 radical (unpaired) electrons. The van der Waals surface area contributed by atoms with Gasteiger partial charge in [0.25, 0.3) is 11.8 Å². The number of nitrogen functional groups attached to an aromatic ring is 1. The van der Waals surface area contributed by atoms with Crippen molar-refractivity contribution in [3.63, 3.8) is 0 Å². The number of rotatable bonds is 9. The lowest BCUT2D eigenvalue weighted by atomic mass is 9.94. The fourth-order valence-electron chi connectivity index (χ4n) is 3.94. The minimum Gasteiger partial charge on any atom is -0.395 e.